The minimum atomic E-state index is -1.72. The van der Waals surface area contributed by atoms with E-state index in [2.05, 4.69) is 21.3 Å². The number of hydrogen-bond acceptors (Lipinski definition) is 24. The molecule has 28 nitrogen and oxygen atoms in total. The van der Waals surface area contributed by atoms with Gasteiger partial charge in [0, 0.05) is 26.2 Å². The normalized spacial score (nSPS) is 31.6. The van der Waals surface area contributed by atoms with Crippen LogP contribution in [0.3, 0.4) is 0 Å². The van der Waals surface area contributed by atoms with Crippen LogP contribution in [-0.4, -0.2) is 267 Å². The van der Waals surface area contributed by atoms with Crippen molar-refractivity contribution in [2.24, 2.45) is 0 Å². The number of ether oxygens (including phenoxy) is 7. The molecule has 0 radical (unpaired) electrons. The zero-order valence-corrected chi connectivity index (χ0v) is 38.2. The lowest BCUT2D eigenvalue weighted by molar-refractivity contribution is -0.300. The molecule has 15 unspecified atom stereocenters. The topological polar surface area (TPSA) is 427 Å². The van der Waals surface area contributed by atoms with Gasteiger partial charge in [0.15, 0.2) is 18.9 Å². The number of hydrogen-bond donors (Lipinski definition) is 16. The van der Waals surface area contributed by atoms with E-state index in [1.807, 2.05) is 6.07 Å². The number of nitrogens with zero attached hydrogens (tertiary/aromatic N) is 1. The molecule has 0 aliphatic carbocycles. The van der Waals surface area contributed by atoms with Crippen molar-refractivity contribution >= 4 is 23.8 Å². The van der Waals surface area contributed by atoms with E-state index in [0.29, 0.717) is 6.42 Å². The number of aliphatic hydroxyl groups excluding tert-OH is 12. The molecule has 70 heavy (non-hydrogen) atoms. The first-order valence-corrected chi connectivity index (χ1v) is 22.8. The summed E-state index contributed by atoms with van der Waals surface area (Å²) in [7, 11) is 0. The molecule has 3 aliphatic heterocycles. The Morgan fingerprint density at radius 2 is 0.943 bits per heavy atom. The Bertz CT molecular complexity index is 1650. The maximum Gasteiger partial charge on any atom is 0.407 e. The second-order valence-corrected chi connectivity index (χ2v) is 16.6. The number of nitrogens with one attached hydrogen (secondary N) is 4. The van der Waals surface area contributed by atoms with Gasteiger partial charge in [0.25, 0.3) is 0 Å². The molecule has 1 aromatic carbocycles. The first kappa shape index (κ1) is 58.7. The van der Waals surface area contributed by atoms with Crippen molar-refractivity contribution in [1.82, 2.24) is 26.2 Å². The third kappa shape index (κ3) is 17.7. The average molecular weight is 1010 g/mol. The quantitative estimate of drug-likeness (QED) is 0.0347. The number of benzene rings is 1. The first-order chi connectivity index (χ1) is 33.5. The smallest absolute Gasteiger partial charge is 0.407 e. The van der Waals surface area contributed by atoms with Crippen LogP contribution in [0.25, 0.3) is 0 Å². The van der Waals surface area contributed by atoms with Gasteiger partial charge >= 0.3 is 6.09 Å². The number of alkyl carbamates (subject to hydrolysis) is 1. The number of rotatable bonds is 28. The highest BCUT2D eigenvalue weighted by atomic mass is 16.7. The van der Waals surface area contributed by atoms with Gasteiger partial charge in [-0.15, -0.1) is 0 Å². The molecule has 0 spiro atoms. The number of unbranched alkanes of at least 4 members (excludes halogenated alkanes) is 1. The van der Waals surface area contributed by atoms with Crippen molar-refractivity contribution in [2.75, 3.05) is 78.9 Å². The molecule has 4 rings (SSSR count). The van der Waals surface area contributed by atoms with Gasteiger partial charge in [-0.2, -0.15) is 0 Å². The zero-order chi connectivity index (χ0) is 51.3. The molecule has 0 saturated carbocycles. The Balaban J connectivity index is 1.42. The van der Waals surface area contributed by atoms with Crippen molar-refractivity contribution in [3.05, 3.63) is 35.9 Å². The third-order valence-electron chi connectivity index (χ3n) is 11.5. The SMILES string of the molecule is O=C(CN(CC(=O)NCCOC1OC(CO)C(O)C(O)C1O)[C@@H](CCCCNC(=O)OCc1ccccc1)C(=O)NCCOC1OC(CO)C(O)C(O)C1O)NCCOC1OC(CO)C(O)C(O)C1O. The molecule has 400 valence electrons. The Hall–Kier alpha value is -3.86. The van der Waals surface area contributed by atoms with E-state index in [-0.39, 0.29) is 65.4 Å². The summed E-state index contributed by atoms with van der Waals surface area (Å²) in [4.78, 5) is 54.6. The van der Waals surface area contributed by atoms with E-state index >= 15 is 0 Å². The van der Waals surface area contributed by atoms with E-state index in [4.69, 9.17) is 33.2 Å². The van der Waals surface area contributed by atoms with Crippen LogP contribution in [0.5, 0.6) is 0 Å². The van der Waals surface area contributed by atoms with Crippen molar-refractivity contribution < 1.29 is 114 Å². The molecule has 3 aliphatic rings. The minimum absolute atomic E-state index is 0.0128. The van der Waals surface area contributed by atoms with Gasteiger partial charge in [0.2, 0.25) is 17.7 Å². The molecule has 0 bridgehead atoms. The van der Waals surface area contributed by atoms with Gasteiger partial charge in [-0.3, -0.25) is 19.3 Å². The number of amides is 4. The van der Waals surface area contributed by atoms with Gasteiger partial charge in [0.05, 0.1) is 58.8 Å². The van der Waals surface area contributed by atoms with E-state index in [1.54, 1.807) is 24.3 Å². The van der Waals surface area contributed by atoms with Crippen molar-refractivity contribution in [3.8, 4) is 0 Å². The van der Waals surface area contributed by atoms with E-state index < -0.39 is 155 Å². The molecule has 4 amide bonds. The summed E-state index contributed by atoms with van der Waals surface area (Å²) < 4.78 is 37.6. The molecule has 28 heteroatoms. The Labute approximate surface area is 401 Å². The number of carbonyl (C=O) groups is 4. The van der Waals surface area contributed by atoms with Crippen LogP contribution in [0.4, 0.5) is 4.79 Å². The highest BCUT2D eigenvalue weighted by Gasteiger charge is 2.46. The van der Waals surface area contributed by atoms with Crippen LogP contribution in [-0.2, 0) is 54.1 Å². The molecule has 0 aromatic heterocycles. The second-order valence-electron chi connectivity index (χ2n) is 16.6. The van der Waals surface area contributed by atoms with E-state index in [0.717, 1.165) is 5.56 Å². The summed E-state index contributed by atoms with van der Waals surface area (Å²) in [5.74, 6) is -2.18. The molecule has 16 atom stereocenters. The van der Waals surface area contributed by atoms with Crippen molar-refractivity contribution in [2.45, 2.75) is 124 Å². The second kappa shape index (κ2) is 30.2. The average Bonchev–Trinajstić information content (AvgIpc) is 3.35. The van der Waals surface area contributed by atoms with Crippen LogP contribution in [0.2, 0.25) is 0 Å². The highest BCUT2D eigenvalue weighted by Crippen LogP contribution is 2.24. The third-order valence-corrected chi connectivity index (χ3v) is 11.5. The molecule has 3 saturated heterocycles. The van der Waals surface area contributed by atoms with Crippen LogP contribution in [0, 0.1) is 0 Å². The first-order valence-electron chi connectivity index (χ1n) is 22.8. The van der Waals surface area contributed by atoms with Crippen molar-refractivity contribution in [3.63, 3.8) is 0 Å². The Morgan fingerprint density at radius 1 is 0.529 bits per heavy atom. The lowest BCUT2D eigenvalue weighted by Gasteiger charge is -2.39. The minimum Gasteiger partial charge on any atom is -0.445 e. The lowest BCUT2D eigenvalue weighted by atomic mass is 9.99. The summed E-state index contributed by atoms with van der Waals surface area (Å²) in [6.45, 7) is -4.86. The lowest BCUT2D eigenvalue weighted by Crippen LogP contribution is -2.59. The highest BCUT2D eigenvalue weighted by molar-refractivity contribution is 5.86. The predicted molar refractivity (Wildman–Crippen MR) is 232 cm³/mol. The number of aliphatic hydroxyl groups is 12. The summed E-state index contributed by atoms with van der Waals surface area (Å²) in [6.07, 6.45) is -23.6. The molecule has 3 fully saturated rings. The molecule has 1 aromatic rings. The zero-order valence-electron chi connectivity index (χ0n) is 38.2. The summed E-state index contributed by atoms with van der Waals surface area (Å²) in [6, 6.07) is 7.71. The van der Waals surface area contributed by atoms with Gasteiger partial charge < -0.3 is 116 Å². The Kier molecular flexibility index (Phi) is 25.4. The molecule has 3 heterocycles. The van der Waals surface area contributed by atoms with Gasteiger partial charge in [0.1, 0.15) is 79.9 Å². The van der Waals surface area contributed by atoms with Crippen LogP contribution >= 0.6 is 0 Å². The largest absolute Gasteiger partial charge is 0.445 e. The number of carbonyl (C=O) groups excluding carboxylic acids is 4. The van der Waals surface area contributed by atoms with Gasteiger partial charge in [-0.05, 0) is 24.8 Å². The summed E-state index contributed by atoms with van der Waals surface area (Å²) in [5.41, 5.74) is 0.765. The Morgan fingerprint density at radius 3 is 1.36 bits per heavy atom. The molecular weight excluding hydrogens is 942 g/mol. The summed E-state index contributed by atoms with van der Waals surface area (Å²) >= 11 is 0. The molecular formula is C42H69N5O23. The van der Waals surface area contributed by atoms with Crippen LogP contribution in [0.15, 0.2) is 30.3 Å². The fourth-order valence-electron chi connectivity index (χ4n) is 7.48. The van der Waals surface area contributed by atoms with E-state index in [9.17, 15) is 80.5 Å². The van der Waals surface area contributed by atoms with Crippen molar-refractivity contribution in [1.29, 1.82) is 0 Å². The predicted octanol–water partition coefficient (Wildman–Crippen LogP) is -8.45. The maximum atomic E-state index is 14.0. The van der Waals surface area contributed by atoms with Crippen LogP contribution < -0.4 is 21.3 Å². The molecule has 16 N–H and O–H groups in total. The van der Waals surface area contributed by atoms with Gasteiger partial charge in [-0.1, -0.05) is 30.3 Å². The van der Waals surface area contributed by atoms with Crippen LogP contribution in [0.1, 0.15) is 24.8 Å². The monoisotopic (exact) mass is 1010 g/mol. The fourth-order valence-corrected chi connectivity index (χ4v) is 7.48. The van der Waals surface area contributed by atoms with E-state index in [1.165, 1.54) is 4.90 Å². The fraction of sp³-hybridized carbons (Fsp3) is 0.762. The standard InChI is InChI=1S/C42H69N5O23/c48-18-24-29(53)32(56)35(59)39(68-24)64-13-10-43-27(51)16-47(17-28(52)44-11-14-65-40-36(60)33(57)30(54)25(19-49)69-40)23(8-4-5-9-46-42(63)67-21-22-6-2-1-3-7-22)38(62)45-12-15-66-41-37(61)34(58)31(55)26(20-50)70-41/h1-3,6-7,23-26,29-37,39-41,48-50,53-61H,4-5,8-21H2,(H,43,51)(H,44,52)(H,45,62)(H,46,63)/t23-,24?,25?,26?,29?,30?,31?,32?,33?,34?,35?,36?,37?,39?,40?,41?/m0/s1. The summed E-state index contributed by atoms with van der Waals surface area (Å²) in [5, 5.41) is 130. The maximum absolute atomic E-state index is 14.0. The van der Waals surface area contributed by atoms with Gasteiger partial charge in [-0.25, -0.2) is 4.79 Å².